The van der Waals surface area contributed by atoms with Crippen LogP contribution in [0.25, 0.3) is 12.2 Å². The number of pyridine rings is 1. The van der Waals surface area contributed by atoms with Crippen LogP contribution in [0, 0.1) is 6.20 Å². The quantitative estimate of drug-likeness (QED) is 0.120. The zero-order valence-corrected chi connectivity index (χ0v) is 17.9. The van der Waals surface area contributed by atoms with Crippen LogP contribution >= 0.6 is 0 Å². The van der Waals surface area contributed by atoms with Gasteiger partial charge in [-0.3, -0.25) is 4.57 Å². The summed E-state index contributed by atoms with van der Waals surface area (Å²) in [5.41, 5.74) is 1.60. The predicted octanol–water partition coefficient (Wildman–Crippen LogP) is 1.19. The number of phenolic OH excluding ortho intramolecular Hbond substituents is 2. The number of carbonyl (C=O) groups excluding carboxylic acids is 1. The molecular formula is C25H23NO8. The molecule has 0 aliphatic carbocycles. The summed E-state index contributed by atoms with van der Waals surface area (Å²) in [4.78, 5) is 12.6. The third-order valence-electron chi connectivity index (χ3n) is 5.28. The van der Waals surface area contributed by atoms with Gasteiger partial charge < -0.3 is 35.0 Å². The van der Waals surface area contributed by atoms with Crippen LogP contribution in [0.5, 0.6) is 17.2 Å². The van der Waals surface area contributed by atoms with Gasteiger partial charge in [0.1, 0.15) is 35.7 Å². The highest BCUT2D eigenvalue weighted by Gasteiger charge is 2.46. The highest BCUT2D eigenvalue weighted by atomic mass is 16.6. The van der Waals surface area contributed by atoms with Crippen molar-refractivity contribution < 1.29 is 44.4 Å². The van der Waals surface area contributed by atoms with E-state index in [0.29, 0.717) is 11.3 Å². The molecule has 0 saturated carbocycles. The molecule has 0 unspecified atom stereocenters. The van der Waals surface area contributed by atoms with Crippen LogP contribution in [0.4, 0.5) is 0 Å². The van der Waals surface area contributed by atoms with Gasteiger partial charge in [-0.05, 0) is 35.4 Å². The molecule has 1 saturated heterocycles. The Hall–Kier alpha value is -3.76. The van der Waals surface area contributed by atoms with Gasteiger partial charge >= 0.3 is 5.97 Å². The summed E-state index contributed by atoms with van der Waals surface area (Å²) in [5, 5.41) is 48.4. The SMILES string of the molecule is O=C(Oc1ccc(/C=C/c2cc(O)cc(O)c2)cc1)c1cc[c-][n+]([C@@H]2O[C@H](CO)[C@@H](O)[C@H]2O)c1. The van der Waals surface area contributed by atoms with E-state index in [9.17, 15) is 30.3 Å². The third kappa shape index (κ3) is 5.24. The highest BCUT2D eigenvalue weighted by Crippen LogP contribution is 2.25. The smallest absolute Gasteiger partial charge is 0.324 e. The normalized spacial score (nSPS) is 22.2. The first kappa shape index (κ1) is 23.4. The number of aromatic hydroxyl groups is 2. The number of aliphatic hydroxyl groups excluding tert-OH is 3. The number of carbonyl (C=O) groups is 1. The molecular weight excluding hydrogens is 442 g/mol. The molecule has 2 heterocycles. The van der Waals surface area contributed by atoms with Crippen molar-refractivity contribution in [3.05, 3.63) is 83.7 Å². The van der Waals surface area contributed by atoms with E-state index in [0.717, 1.165) is 5.56 Å². The van der Waals surface area contributed by atoms with E-state index in [1.165, 1.54) is 41.1 Å². The summed E-state index contributed by atoms with van der Waals surface area (Å²) in [6.45, 7) is -0.460. The summed E-state index contributed by atoms with van der Waals surface area (Å²) < 4.78 is 12.2. The topological polar surface area (TPSA) is 141 Å². The number of ether oxygens (including phenoxy) is 2. The Morgan fingerprint density at radius 1 is 1.00 bits per heavy atom. The van der Waals surface area contributed by atoms with Gasteiger partial charge in [-0.15, -0.1) is 12.1 Å². The largest absolute Gasteiger partial charge is 0.508 e. The van der Waals surface area contributed by atoms with Crippen LogP contribution in [0.2, 0.25) is 0 Å². The summed E-state index contributed by atoms with van der Waals surface area (Å²) in [6.07, 6.45) is 3.15. The molecule has 176 valence electrons. The zero-order chi connectivity index (χ0) is 24.2. The second-order valence-corrected chi connectivity index (χ2v) is 7.76. The maximum Gasteiger partial charge on any atom is 0.324 e. The molecule has 2 aromatic carbocycles. The monoisotopic (exact) mass is 465 g/mol. The number of phenols is 2. The van der Waals surface area contributed by atoms with Crippen molar-refractivity contribution in [1.82, 2.24) is 0 Å². The maximum atomic E-state index is 12.6. The van der Waals surface area contributed by atoms with Gasteiger partial charge in [-0.25, -0.2) is 4.79 Å². The Bertz CT molecular complexity index is 1170. The minimum atomic E-state index is -1.30. The van der Waals surface area contributed by atoms with E-state index < -0.39 is 37.1 Å². The molecule has 4 rings (SSSR count). The molecule has 9 nitrogen and oxygen atoms in total. The maximum absolute atomic E-state index is 12.6. The number of esters is 1. The second kappa shape index (κ2) is 10.0. The fourth-order valence-corrected chi connectivity index (χ4v) is 3.54. The third-order valence-corrected chi connectivity index (χ3v) is 5.28. The van der Waals surface area contributed by atoms with Crippen molar-refractivity contribution in [3.8, 4) is 17.2 Å². The number of aromatic nitrogens is 1. The molecule has 0 spiro atoms. The lowest BCUT2D eigenvalue weighted by Gasteiger charge is -2.15. The Morgan fingerprint density at radius 3 is 2.32 bits per heavy atom. The first-order valence-corrected chi connectivity index (χ1v) is 10.4. The molecule has 34 heavy (non-hydrogen) atoms. The van der Waals surface area contributed by atoms with Crippen molar-refractivity contribution in [2.75, 3.05) is 6.61 Å². The molecule has 1 aliphatic rings. The molecule has 1 aliphatic heterocycles. The summed E-state index contributed by atoms with van der Waals surface area (Å²) >= 11 is 0. The van der Waals surface area contributed by atoms with Crippen molar-refractivity contribution in [1.29, 1.82) is 0 Å². The van der Waals surface area contributed by atoms with Crippen LogP contribution in [-0.4, -0.2) is 56.4 Å². The predicted molar refractivity (Wildman–Crippen MR) is 119 cm³/mol. The Balaban J connectivity index is 1.42. The minimum Gasteiger partial charge on any atom is -0.508 e. The van der Waals surface area contributed by atoms with Crippen molar-refractivity contribution in [2.24, 2.45) is 0 Å². The molecule has 0 radical (unpaired) electrons. The Kier molecular flexibility index (Phi) is 6.90. The molecule has 5 N–H and O–H groups in total. The number of nitrogens with zero attached hydrogens (tertiary/aromatic N) is 1. The molecule has 4 atom stereocenters. The number of benzene rings is 2. The fraction of sp³-hybridized carbons (Fsp3) is 0.200. The minimum absolute atomic E-state index is 0.0415. The van der Waals surface area contributed by atoms with Crippen LogP contribution < -0.4 is 9.30 Å². The van der Waals surface area contributed by atoms with Gasteiger partial charge in [-0.1, -0.05) is 24.3 Å². The van der Waals surface area contributed by atoms with E-state index in [2.05, 4.69) is 6.20 Å². The fourth-order valence-electron chi connectivity index (χ4n) is 3.54. The molecule has 1 aromatic heterocycles. The summed E-state index contributed by atoms with van der Waals surface area (Å²) in [5.74, 6) is -0.419. The lowest BCUT2D eigenvalue weighted by atomic mass is 10.1. The molecule has 3 aromatic rings. The van der Waals surface area contributed by atoms with E-state index in [1.807, 2.05) is 0 Å². The molecule has 9 heteroatoms. The van der Waals surface area contributed by atoms with E-state index >= 15 is 0 Å². The zero-order valence-electron chi connectivity index (χ0n) is 17.9. The highest BCUT2D eigenvalue weighted by molar-refractivity contribution is 5.90. The van der Waals surface area contributed by atoms with Gasteiger partial charge in [0.25, 0.3) is 6.23 Å². The molecule has 0 bridgehead atoms. The number of rotatable bonds is 6. The van der Waals surface area contributed by atoms with Gasteiger partial charge in [-0.2, -0.15) is 0 Å². The number of hydrogen-bond acceptors (Lipinski definition) is 8. The number of aliphatic hydroxyl groups is 3. The van der Waals surface area contributed by atoms with Crippen molar-refractivity contribution in [3.63, 3.8) is 0 Å². The van der Waals surface area contributed by atoms with Gasteiger partial charge in [0.05, 0.1) is 12.8 Å². The average molecular weight is 465 g/mol. The van der Waals surface area contributed by atoms with Crippen LogP contribution in [0.3, 0.4) is 0 Å². The first-order valence-electron chi connectivity index (χ1n) is 10.4. The van der Waals surface area contributed by atoms with E-state index in [-0.39, 0.29) is 17.1 Å². The average Bonchev–Trinajstić information content (AvgIpc) is 3.12. The van der Waals surface area contributed by atoms with E-state index in [4.69, 9.17) is 9.47 Å². The molecule has 1 fully saturated rings. The Labute approximate surface area is 195 Å². The van der Waals surface area contributed by atoms with Gasteiger partial charge in [0, 0.05) is 11.6 Å². The lowest BCUT2D eigenvalue weighted by molar-refractivity contribution is -0.769. The lowest BCUT2D eigenvalue weighted by Crippen LogP contribution is -2.46. The summed E-state index contributed by atoms with van der Waals surface area (Å²) in [6, 6.07) is 13.9. The van der Waals surface area contributed by atoms with Crippen molar-refractivity contribution >= 4 is 18.1 Å². The second-order valence-electron chi connectivity index (χ2n) is 7.76. The van der Waals surface area contributed by atoms with Crippen LogP contribution in [-0.2, 0) is 4.74 Å². The standard InChI is InChI=1S/C25H23NO8/c27-14-21-22(30)23(31)24(34-21)26-9-1-2-17(13-26)25(32)33-20-7-5-15(6-8-20)3-4-16-10-18(28)12-19(29)11-16/h1-8,10-13,21-24,27-31H,14H2/b4-3+/t21-,22-,23-,24-/m1/s1. The van der Waals surface area contributed by atoms with Gasteiger partial charge in [0.15, 0.2) is 6.10 Å². The van der Waals surface area contributed by atoms with Gasteiger partial charge in [0.2, 0.25) is 0 Å². The molecule has 0 amide bonds. The Morgan fingerprint density at radius 2 is 1.68 bits per heavy atom. The first-order chi connectivity index (χ1) is 16.3. The van der Waals surface area contributed by atoms with E-state index in [1.54, 1.807) is 36.4 Å². The van der Waals surface area contributed by atoms with Crippen molar-refractivity contribution in [2.45, 2.75) is 24.5 Å². The number of hydrogen-bond donors (Lipinski definition) is 5. The van der Waals surface area contributed by atoms with Crippen LogP contribution in [0.15, 0.2) is 60.8 Å². The summed E-state index contributed by atoms with van der Waals surface area (Å²) in [7, 11) is 0. The van der Waals surface area contributed by atoms with Crippen LogP contribution in [0.1, 0.15) is 27.7 Å².